The van der Waals surface area contributed by atoms with Gasteiger partial charge in [0.25, 0.3) is 0 Å². The molecule has 1 heterocycles. The lowest BCUT2D eigenvalue weighted by Gasteiger charge is -2.43. The summed E-state index contributed by atoms with van der Waals surface area (Å²) in [6.07, 6.45) is 2.14. The Kier molecular flexibility index (Phi) is 2.99. The largest absolute Gasteiger partial charge is 0.326 e. The lowest BCUT2D eigenvalue weighted by Crippen LogP contribution is -2.60. The monoisotopic (exact) mass is 206 g/mol. The molecular formula is C8H18N2O2S. The zero-order valence-corrected chi connectivity index (χ0v) is 9.21. The molecule has 0 radical (unpaired) electrons. The molecule has 2 unspecified atom stereocenters. The molecule has 2 N–H and O–H groups in total. The van der Waals surface area contributed by atoms with Crippen LogP contribution >= 0.6 is 0 Å². The minimum Gasteiger partial charge on any atom is -0.326 e. The molecule has 0 aromatic carbocycles. The van der Waals surface area contributed by atoms with E-state index in [4.69, 9.17) is 5.73 Å². The molecule has 1 fully saturated rings. The Morgan fingerprint density at radius 3 is 2.23 bits per heavy atom. The molecule has 0 aromatic heterocycles. The lowest BCUT2D eigenvalue weighted by atomic mass is 9.91. The summed E-state index contributed by atoms with van der Waals surface area (Å²) in [6.45, 7) is 4.66. The van der Waals surface area contributed by atoms with E-state index >= 15 is 0 Å². The SMILES string of the molecule is CC(C)C(N)C1CCN1S(C)(=O)=O. The number of hydrogen-bond donors (Lipinski definition) is 1. The van der Waals surface area contributed by atoms with Gasteiger partial charge in [-0.1, -0.05) is 13.8 Å². The van der Waals surface area contributed by atoms with Gasteiger partial charge in [0, 0.05) is 18.6 Å². The second kappa shape index (κ2) is 3.55. The van der Waals surface area contributed by atoms with Crippen LogP contribution in [0.4, 0.5) is 0 Å². The van der Waals surface area contributed by atoms with Gasteiger partial charge in [0.15, 0.2) is 0 Å². The van der Waals surface area contributed by atoms with Crippen LogP contribution in [0.1, 0.15) is 20.3 Å². The molecule has 0 amide bonds. The molecule has 2 atom stereocenters. The van der Waals surface area contributed by atoms with E-state index in [0.717, 1.165) is 6.42 Å². The van der Waals surface area contributed by atoms with Gasteiger partial charge < -0.3 is 5.73 Å². The van der Waals surface area contributed by atoms with Crippen molar-refractivity contribution in [1.29, 1.82) is 0 Å². The number of hydrogen-bond acceptors (Lipinski definition) is 3. The maximum Gasteiger partial charge on any atom is 0.211 e. The van der Waals surface area contributed by atoms with Gasteiger partial charge in [-0.15, -0.1) is 0 Å². The molecule has 1 aliphatic rings. The maximum absolute atomic E-state index is 11.2. The number of rotatable bonds is 3. The van der Waals surface area contributed by atoms with Crippen LogP contribution in [0.3, 0.4) is 0 Å². The smallest absolute Gasteiger partial charge is 0.211 e. The first-order valence-corrected chi connectivity index (χ1v) is 6.41. The zero-order chi connectivity index (χ0) is 10.2. The highest BCUT2D eigenvalue weighted by molar-refractivity contribution is 7.88. The van der Waals surface area contributed by atoms with E-state index in [1.165, 1.54) is 10.6 Å². The Labute approximate surface area is 80.1 Å². The highest BCUT2D eigenvalue weighted by Crippen LogP contribution is 2.25. The van der Waals surface area contributed by atoms with Crippen molar-refractivity contribution in [2.45, 2.75) is 32.4 Å². The van der Waals surface area contributed by atoms with E-state index in [-0.39, 0.29) is 12.1 Å². The topological polar surface area (TPSA) is 63.4 Å². The van der Waals surface area contributed by atoms with E-state index in [9.17, 15) is 8.42 Å². The van der Waals surface area contributed by atoms with Crippen LogP contribution in [-0.2, 0) is 10.0 Å². The van der Waals surface area contributed by atoms with Crippen molar-refractivity contribution >= 4 is 10.0 Å². The zero-order valence-electron chi connectivity index (χ0n) is 8.40. The second-order valence-corrected chi connectivity index (χ2v) is 5.99. The van der Waals surface area contributed by atoms with Crippen LogP contribution in [0.2, 0.25) is 0 Å². The van der Waals surface area contributed by atoms with Crippen molar-refractivity contribution in [3.63, 3.8) is 0 Å². The first-order chi connectivity index (χ1) is 5.84. The van der Waals surface area contributed by atoms with E-state index < -0.39 is 10.0 Å². The molecule has 0 bridgehead atoms. The van der Waals surface area contributed by atoms with Gasteiger partial charge in [-0.2, -0.15) is 4.31 Å². The summed E-state index contributed by atoms with van der Waals surface area (Å²) < 4.78 is 23.9. The molecule has 78 valence electrons. The lowest BCUT2D eigenvalue weighted by molar-refractivity contribution is 0.149. The van der Waals surface area contributed by atoms with E-state index in [0.29, 0.717) is 12.5 Å². The molecule has 0 aliphatic carbocycles. The fourth-order valence-corrected chi connectivity index (χ4v) is 2.80. The third-order valence-electron chi connectivity index (χ3n) is 2.66. The predicted octanol–water partition coefficient (Wildman–Crippen LogP) is 0.00360. The number of sulfonamides is 1. The highest BCUT2D eigenvalue weighted by atomic mass is 32.2. The van der Waals surface area contributed by atoms with Gasteiger partial charge in [0.1, 0.15) is 0 Å². The van der Waals surface area contributed by atoms with Crippen LogP contribution in [0, 0.1) is 5.92 Å². The summed E-state index contributed by atoms with van der Waals surface area (Å²) in [7, 11) is -3.04. The summed E-state index contributed by atoms with van der Waals surface area (Å²) >= 11 is 0. The van der Waals surface area contributed by atoms with Crippen LogP contribution in [-0.4, -0.2) is 37.6 Å². The Hall–Kier alpha value is -0.130. The van der Waals surface area contributed by atoms with Crippen molar-refractivity contribution in [3.8, 4) is 0 Å². The van der Waals surface area contributed by atoms with Crippen LogP contribution in [0.5, 0.6) is 0 Å². The molecule has 1 rings (SSSR count). The fraction of sp³-hybridized carbons (Fsp3) is 1.00. The van der Waals surface area contributed by atoms with Crippen LogP contribution in [0.15, 0.2) is 0 Å². The van der Waals surface area contributed by atoms with Crippen molar-refractivity contribution in [3.05, 3.63) is 0 Å². The van der Waals surface area contributed by atoms with Crippen molar-refractivity contribution in [2.24, 2.45) is 11.7 Å². The van der Waals surface area contributed by atoms with Gasteiger partial charge in [0.2, 0.25) is 10.0 Å². The average molecular weight is 206 g/mol. The molecular weight excluding hydrogens is 188 g/mol. The first-order valence-electron chi connectivity index (χ1n) is 4.56. The van der Waals surface area contributed by atoms with Gasteiger partial charge in [-0.25, -0.2) is 8.42 Å². The maximum atomic E-state index is 11.2. The summed E-state index contributed by atoms with van der Waals surface area (Å²) in [6, 6.07) is -0.0153. The van der Waals surface area contributed by atoms with Crippen LogP contribution in [0.25, 0.3) is 0 Å². The molecule has 0 saturated carbocycles. The quantitative estimate of drug-likeness (QED) is 0.707. The molecule has 1 saturated heterocycles. The van der Waals surface area contributed by atoms with Gasteiger partial charge in [-0.05, 0) is 12.3 Å². The van der Waals surface area contributed by atoms with Crippen molar-refractivity contribution in [1.82, 2.24) is 4.31 Å². The van der Waals surface area contributed by atoms with Gasteiger partial charge in [0.05, 0.1) is 6.26 Å². The Bertz CT molecular complexity index is 274. The highest BCUT2D eigenvalue weighted by Gasteiger charge is 2.39. The Balaban J connectivity index is 2.65. The Morgan fingerprint density at radius 2 is 2.00 bits per heavy atom. The van der Waals surface area contributed by atoms with E-state index in [1.54, 1.807) is 0 Å². The predicted molar refractivity (Wildman–Crippen MR) is 52.8 cm³/mol. The third-order valence-corrected chi connectivity index (χ3v) is 3.96. The molecule has 5 heteroatoms. The first kappa shape index (κ1) is 10.9. The van der Waals surface area contributed by atoms with Gasteiger partial charge >= 0.3 is 0 Å². The fourth-order valence-electron chi connectivity index (χ4n) is 1.62. The minimum atomic E-state index is -3.04. The van der Waals surface area contributed by atoms with Crippen LogP contribution < -0.4 is 5.73 Å². The number of nitrogens with zero attached hydrogens (tertiary/aromatic N) is 1. The summed E-state index contributed by atoms with van der Waals surface area (Å²) in [5.41, 5.74) is 5.90. The summed E-state index contributed by atoms with van der Waals surface area (Å²) in [5.74, 6) is 0.328. The van der Waals surface area contributed by atoms with E-state index in [2.05, 4.69) is 0 Å². The molecule has 13 heavy (non-hydrogen) atoms. The summed E-state index contributed by atoms with van der Waals surface area (Å²) in [4.78, 5) is 0. The van der Waals surface area contributed by atoms with Gasteiger partial charge in [-0.3, -0.25) is 0 Å². The molecule has 0 spiro atoms. The standard InChI is InChI=1S/C8H18N2O2S/c1-6(2)8(9)7-4-5-10(7)13(3,11)12/h6-8H,4-5,9H2,1-3H3. The Morgan fingerprint density at radius 1 is 1.46 bits per heavy atom. The number of nitrogens with two attached hydrogens (primary N) is 1. The van der Waals surface area contributed by atoms with Crippen molar-refractivity contribution < 1.29 is 8.42 Å². The second-order valence-electron chi connectivity index (χ2n) is 4.05. The van der Waals surface area contributed by atoms with E-state index in [1.807, 2.05) is 13.8 Å². The normalized spacial score (nSPS) is 27.3. The third kappa shape index (κ3) is 2.21. The molecule has 1 aliphatic heterocycles. The minimum absolute atomic E-state index is 0.0231. The molecule has 0 aromatic rings. The average Bonchev–Trinajstić information content (AvgIpc) is 1.79. The van der Waals surface area contributed by atoms with Crippen molar-refractivity contribution in [2.75, 3.05) is 12.8 Å². The summed E-state index contributed by atoms with van der Waals surface area (Å²) in [5, 5.41) is 0. The molecule has 4 nitrogen and oxygen atoms in total.